The average Bonchev–Trinajstić information content (AvgIpc) is 1.86. The van der Waals surface area contributed by atoms with Crippen LogP contribution in [0.25, 0.3) is 0 Å². The van der Waals surface area contributed by atoms with Gasteiger partial charge in [0.05, 0.1) is 0 Å². The van der Waals surface area contributed by atoms with E-state index in [1.54, 1.807) is 0 Å². The molecule has 0 aromatic rings. The summed E-state index contributed by atoms with van der Waals surface area (Å²) in [5.74, 6) is -0.282. The van der Waals surface area contributed by atoms with Crippen molar-refractivity contribution < 1.29 is 9.53 Å². The van der Waals surface area contributed by atoms with Crippen LogP contribution in [-0.2, 0) is 9.53 Å². The smallest absolute Gasteiger partial charge is 0.331 e. The van der Waals surface area contributed by atoms with Crippen LogP contribution in [0, 0.1) is 6.08 Å². The number of carbonyl (C=O) groups excluding carboxylic acids is 1. The SMILES string of the molecule is O=C1C=[C]CO1. The quantitative estimate of drug-likeness (QED) is 0.382. The van der Waals surface area contributed by atoms with Crippen molar-refractivity contribution in [1.82, 2.24) is 0 Å². The van der Waals surface area contributed by atoms with Crippen LogP contribution in [0.15, 0.2) is 6.08 Å². The van der Waals surface area contributed by atoms with Gasteiger partial charge >= 0.3 is 5.97 Å². The van der Waals surface area contributed by atoms with Crippen LogP contribution < -0.4 is 0 Å². The first kappa shape index (κ1) is 3.40. The summed E-state index contributed by atoms with van der Waals surface area (Å²) in [6.45, 7) is 0.332. The summed E-state index contributed by atoms with van der Waals surface area (Å²) in [5.41, 5.74) is 0. The fourth-order valence-electron chi connectivity index (χ4n) is 0.279. The molecule has 1 radical (unpaired) electrons. The van der Waals surface area contributed by atoms with Crippen LogP contribution in [0.2, 0.25) is 0 Å². The normalized spacial score (nSPS) is 18.3. The third-order valence-corrected chi connectivity index (χ3v) is 0.518. The lowest BCUT2D eigenvalue weighted by Gasteiger charge is -1.81. The predicted octanol–water partition coefficient (Wildman–Crippen LogP) is -0.0974. The number of hydrogen-bond donors (Lipinski definition) is 0. The number of cyclic esters (lactones) is 1. The second-order valence-corrected chi connectivity index (χ2v) is 0.956. The molecule has 0 spiro atoms. The zero-order chi connectivity index (χ0) is 4.41. The van der Waals surface area contributed by atoms with E-state index in [2.05, 4.69) is 10.8 Å². The molecule has 0 atom stereocenters. The number of rotatable bonds is 0. The Labute approximate surface area is 35.4 Å². The minimum absolute atomic E-state index is 0.282. The first-order valence-electron chi connectivity index (χ1n) is 1.63. The Balaban J connectivity index is 2.59. The molecule has 1 aliphatic rings. The molecule has 0 aromatic heterocycles. The molecule has 0 saturated carbocycles. The van der Waals surface area contributed by atoms with Crippen molar-refractivity contribution in [2.24, 2.45) is 0 Å². The largest absolute Gasteiger partial charge is 0.458 e. The maximum absolute atomic E-state index is 9.90. The van der Waals surface area contributed by atoms with Crippen LogP contribution in [0.5, 0.6) is 0 Å². The molecule has 0 aromatic carbocycles. The first-order valence-corrected chi connectivity index (χ1v) is 1.63. The standard InChI is InChI=1S/C4H3O2/c5-4-2-1-3-6-4/h2H,3H2. The van der Waals surface area contributed by atoms with Crippen molar-refractivity contribution in [2.45, 2.75) is 0 Å². The molecule has 2 heteroatoms. The van der Waals surface area contributed by atoms with Crippen molar-refractivity contribution >= 4 is 5.97 Å². The maximum Gasteiger partial charge on any atom is 0.331 e. The number of ether oxygens (including phenoxy) is 1. The van der Waals surface area contributed by atoms with Crippen LogP contribution in [0.1, 0.15) is 0 Å². The minimum Gasteiger partial charge on any atom is -0.458 e. The summed E-state index contributed by atoms with van der Waals surface area (Å²) in [6, 6.07) is 0. The third kappa shape index (κ3) is 0.407. The molecule has 0 aliphatic carbocycles. The fraction of sp³-hybridized carbons (Fsp3) is 0.250. The molecular weight excluding hydrogens is 80.0 g/mol. The lowest BCUT2D eigenvalue weighted by atomic mass is 10.6. The van der Waals surface area contributed by atoms with E-state index in [1.807, 2.05) is 0 Å². The zero-order valence-electron chi connectivity index (χ0n) is 3.10. The highest BCUT2D eigenvalue weighted by Gasteiger charge is 1.99. The van der Waals surface area contributed by atoms with E-state index in [4.69, 9.17) is 0 Å². The lowest BCUT2D eigenvalue weighted by molar-refractivity contribution is -0.134. The summed E-state index contributed by atoms with van der Waals surface area (Å²) in [6.07, 6.45) is 3.87. The van der Waals surface area contributed by atoms with Crippen LogP contribution in [0.4, 0.5) is 0 Å². The van der Waals surface area contributed by atoms with Gasteiger partial charge in [0.1, 0.15) is 6.61 Å². The van der Waals surface area contributed by atoms with E-state index in [1.165, 1.54) is 6.08 Å². The van der Waals surface area contributed by atoms with Gasteiger partial charge in [-0.2, -0.15) is 0 Å². The summed E-state index contributed by atoms with van der Waals surface area (Å²) < 4.78 is 4.35. The molecule has 0 saturated heterocycles. The molecule has 0 N–H and O–H groups in total. The van der Waals surface area contributed by atoms with Crippen molar-refractivity contribution in [3.63, 3.8) is 0 Å². The van der Waals surface area contributed by atoms with Gasteiger partial charge in [0.25, 0.3) is 0 Å². The predicted molar refractivity (Wildman–Crippen MR) is 18.8 cm³/mol. The highest BCUT2D eigenvalue weighted by molar-refractivity contribution is 5.82. The van der Waals surface area contributed by atoms with Crippen LogP contribution in [0.3, 0.4) is 0 Å². The van der Waals surface area contributed by atoms with Crippen molar-refractivity contribution in [1.29, 1.82) is 0 Å². The molecule has 1 heterocycles. The van der Waals surface area contributed by atoms with E-state index in [0.29, 0.717) is 6.61 Å². The zero-order valence-corrected chi connectivity index (χ0v) is 3.10. The molecule has 1 rings (SSSR count). The Bertz CT molecular complexity index is 93.7. The van der Waals surface area contributed by atoms with E-state index < -0.39 is 0 Å². The van der Waals surface area contributed by atoms with E-state index in [9.17, 15) is 4.79 Å². The van der Waals surface area contributed by atoms with Gasteiger partial charge in [-0.25, -0.2) is 4.79 Å². The van der Waals surface area contributed by atoms with E-state index >= 15 is 0 Å². The van der Waals surface area contributed by atoms with Gasteiger partial charge < -0.3 is 4.74 Å². The Hall–Kier alpha value is -0.790. The third-order valence-electron chi connectivity index (χ3n) is 0.518. The molecule has 0 bridgehead atoms. The molecule has 1 aliphatic heterocycles. The highest BCUT2D eigenvalue weighted by atomic mass is 16.5. The molecule has 2 nitrogen and oxygen atoms in total. The highest BCUT2D eigenvalue weighted by Crippen LogP contribution is 1.88. The summed E-state index contributed by atoms with van der Waals surface area (Å²) in [7, 11) is 0. The lowest BCUT2D eigenvalue weighted by Crippen LogP contribution is -1.89. The van der Waals surface area contributed by atoms with Gasteiger partial charge in [-0.05, 0) is 0 Å². The summed E-state index contributed by atoms with van der Waals surface area (Å²) in [4.78, 5) is 9.90. The Kier molecular flexibility index (Phi) is 0.638. The van der Waals surface area contributed by atoms with Crippen LogP contribution in [-0.4, -0.2) is 12.6 Å². The van der Waals surface area contributed by atoms with Gasteiger partial charge in [-0.1, -0.05) is 0 Å². The van der Waals surface area contributed by atoms with Crippen molar-refractivity contribution in [2.75, 3.05) is 6.61 Å². The molecule has 0 unspecified atom stereocenters. The maximum atomic E-state index is 9.90. The minimum atomic E-state index is -0.282. The molecule has 6 heavy (non-hydrogen) atoms. The molecule has 0 fully saturated rings. The fourth-order valence-corrected chi connectivity index (χ4v) is 0.279. The Morgan fingerprint density at radius 2 is 2.83 bits per heavy atom. The summed E-state index contributed by atoms with van der Waals surface area (Å²) in [5, 5.41) is 0. The monoisotopic (exact) mass is 83.0 g/mol. The molecule has 0 amide bonds. The summed E-state index contributed by atoms with van der Waals surface area (Å²) >= 11 is 0. The second kappa shape index (κ2) is 1.12. The van der Waals surface area contributed by atoms with Gasteiger partial charge in [0.2, 0.25) is 0 Å². The Morgan fingerprint density at radius 1 is 2.00 bits per heavy atom. The van der Waals surface area contributed by atoms with E-state index in [-0.39, 0.29) is 5.97 Å². The van der Waals surface area contributed by atoms with Crippen molar-refractivity contribution in [3.05, 3.63) is 12.2 Å². The second-order valence-electron chi connectivity index (χ2n) is 0.956. The van der Waals surface area contributed by atoms with E-state index in [0.717, 1.165) is 0 Å². The molecular formula is C4H3O2. The topological polar surface area (TPSA) is 26.3 Å². The first-order chi connectivity index (χ1) is 2.89. The molecule has 31 valence electrons. The number of esters is 1. The van der Waals surface area contributed by atoms with Gasteiger partial charge in [0, 0.05) is 12.2 Å². The average molecular weight is 83.1 g/mol. The Morgan fingerprint density at radius 3 is 3.00 bits per heavy atom. The van der Waals surface area contributed by atoms with Crippen molar-refractivity contribution in [3.8, 4) is 0 Å². The van der Waals surface area contributed by atoms with Gasteiger partial charge in [-0.3, -0.25) is 0 Å². The number of carbonyl (C=O) groups is 1. The number of hydrogen-bond acceptors (Lipinski definition) is 2. The van der Waals surface area contributed by atoms with Gasteiger partial charge in [-0.15, -0.1) is 0 Å². The van der Waals surface area contributed by atoms with Crippen LogP contribution >= 0.6 is 0 Å². The van der Waals surface area contributed by atoms with Gasteiger partial charge in [0.15, 0.2) is 0 Å².